The quantitative estimate of drug-likeness (QED) is 0.555. The van der Waals surface area contributed by atoms with Crippen LogP contribution in [0.1, 0.15) is 32.6 Å². The summed E-state index contributed by atoms with van der Waals surface area (Å²) in [6, 6.07) is 7.84. The van der Waals surface area contributed by atoms with Crippen LogP contribution in [-0.4, -0.2) is 48.6 Å². The lowest BCUT2D eigenvalue weighted by atomic mass is 10.1. The van der Waals surface area contributed by atoms with Crippen molar-refractivity contribution in [2.24, 2.45) is 19.2 Å². The van der Waals surface area contributed by atoms with Crippen molar-refractivity contribution in [3.05, 3.63) is 57.0 Å². The van der Waals surface area contributed by atoms with Gasteiger partial charge in [0.25, 0.3) is 5.56 Å². The summed E-state index contributed by atoms with van der Waals surface area (Å²) in [6.07, 6.45) is 0.761. The average Bonchev–Trinajstić information content (AvgIpc) is 3.43. The first-order valence-corrected chi connectivity index (χ1v) is 10.8. The van der Waals surface area contributed by atoms with Crippen molar-refractivity contribution in [2.75, 3.05) is 18.0 Å². The molecule has 0 radical (unpaired) electrons. The Kier molecular flexibility index (Phi) is 5.79. The van der Waals surface area contributed by atoms with Crippen molar-refractivity contribution in [1.82, 2.24) is 23.7 Å². The molecule has 0 spiro atoms. The van der Waals surface area contributed by atoms with Gasteiger partial charge in [-0.05, 0) is 26.0 Å². The summed E-state index contributed by atoms with van der Waals surface area (Å²) < 4.78 is 10.0. The predicted molar refractivity (Wildman–Crippen MR) is 124 cm³/mol. The number of anilines is 1. The number of imidazole rings is 1. The van der Waals surface area contributed by atoms with Gasteiger partial charge in [0.05, 0.1) is 6.33 Å². The third kappa shape index (κ3) is 3.79. The Balaban J connectivity index is 1.64. The molecule has 0 saturated carbocycles. The van der Waals surface area contributed by atoms with Gasteiger partial charge in [-0.25, -0.2) is 9.78 Å². The summed E-state index contributed by atoms with van der Waals surface area (Å²) in [5.74, 6) is 0.00928. The van der Waals surface area contributed by atoms with Gasteiger partial charge in [0, 0.05) is 45.4 Å². The summed E-state index contributed by atoms with van der Waals surface area (Å²) in [6.45, 7) is 7.52. The fraction of sp³-hybridized carbons (Fsp3) is 0.409. The second kappa shape index (κ2) is 8.57. The topological polar surface area (TPSA) is 107 Å². The smallest absolute Gasteiger partial charge is 0.332 e. The highest BCUT2D eigenvalue weighted by atomic mass is 16.5. The van der Waals surface area contributed by atoms with Gasteiger partial charge < -0.3 is 14.2 Å². The van der Waals surface area contributed by atoms with Gasteiger partial charge in [0.15, 0.2) is 5.52 Å². The summed E-state index contributed by atoms with van der Waals surface area (Å²) in [5.41, 5.74) is 1.47. The first kappa shape index (κ1) is 22.3. The molecule has 1 unspecified atom stereocenters. The summed E-state index contributed by atoms with van der Waals surface area (Å²) in [5, 5.41) is 5.65. The molecule has 1 aliphatic heterocycles. The molecule has 0 aliphatic carbocycles. The molecule has 0 N–H and O–H groups in total. The number of ether oxygens (including phenoxy) is 1. The number of aromatic nitrogens is 4. The number of hydrazone groups is 1. The summed E-state index contributed by atoms with van der Waals surface area (Å²) in [7, 11) is 2.98. The molecule has 11 heteroatoms. The minimum absolute atomic E-state index is 0.106. The summed E-state index contributed by atoms with van der Waals surface area (Å²) in [4.78, 5) is 43.4. The highest BCUT2D eigenvalue weighted by Gasteiger charge is 2.33. The number of hydrogen-bond donors (Lipinski definition) is 0. The Morgan fingerprint density at radius 1 is 1.09 bits per heavy atom. The van der Waals surface area contributed by atoms with Crippen LogP contribution in [0.25, 0.3) is 11.2 Å². The standard InChI is InChI=1S/C22H27N7O4/c1-6-27(7-2)16-10-8-15(9-11-16)21-29(14(3)30)24-17(33-21)12-28-13-23-18-19(28)25(4)22(32)26(5)20(18)31/h8-11,13,21H,6-7,12H2,1-5H3. The normalized spacial score (nSPS) is 15.6. The number of fused-ring (bicyclic) bond motifs is 1. The van der Waals surface area contributed by atoms with E-state index in [1.54, 1.807) is 11.6 Å². The number of rotatable bonds is 6. The SMILES string of the molecule is CCN(CC)c1ccc(C2OC(Cn3cnc4c(=O)n(C)c(=O)n(C)c43)=NN2C(C)=O)cc1. The zero-order valence-electron chi connectivity index (χ0n) is 19.3. The number of carbonyl (C=O) groups excluding carboxylic acids is 1. The van der Waals surface area contributed by atoms with Crippen LogP contribution in [0.2, 0.25) is 0 Å². The van der Waals surface area contributed by atoms with E-state index in [0.29, 0.717) is 5.65 Å². The molecule has 0 bridgehead atoms. The Hall–Kier alpha value is -3.89. The Bertz CT molecular complexity index is 1350. The molecule has 4 rings (SSSR count). The van der Waals surface area contributed by atoms with Crippen molar-refractivity contribution < 1.29 is 9.53 Å². The third-order valence-corrected chi connectivity index (χ3v) is 5.83. The monoisotopic (exact) mass is 453 g/mol. The number of nitrogens with zero attached hydrogens (tertiary/aromatic N) is 7. The first-order chi connectivity index (χ1) is 15.8. The third-order valence-electron chi connectivity index (χ3n) is 5.83. The van der Waals surface area contributed by atoms with E-state index < -0.39 is 17.5 Å². The number of carbonyl (C=O) groups is 1. The molecule has 0 fully saturated rings. The van der Waals surface area contributed by atoms with Gasteiger partial charge in [-0.3, -0.25) is 18.7 Å². The van der Waals surface area contributed by atoms with Gasteiger partial charge >= 0.3 is 5.69 Å². The molecular formula is C22H27N7O4. The van der Waals surface area contributed by atoms with E-state index in [0.717, 1.165) is 28.9 Å². The highest BCUT2D eigenvalue weighted by Crippen LogP contribution is 2.30. The Morgan fingerprint density at radius 3 is 2.36 bits per heavy atom. The zero-order chi connectivity index (χ0) is 23.9. The average molecular weight is 454 g/mol. The molecule has 1 amide bonds. The highest BCUT2D eigenvalue weighted by molar-refractivity contribution is 5.83. The lowest BCUT2D eigenvalue weighted by Gasteiger charge is -2.23. The molecule has 1 aromatic carbocycles. The van der Waals surface area contributed by atoms with E-state index in [2.05, 4.69) is 28.8 Å². The molecule has 2 aromatic heterocycles. The van der Waals surface area contributed by atoms with Crippen molar-refractivity contribution in [1.29, 1.82) is 0 Å². The van der Waals surface area contributed by atoms with Crippen LogP contribution in [0.4, 0.5) is 5.69 Å². The second-order valence-corrected chi connectivity index (χ2v) is 7.84. The van der Waals surface area contributed by atoms with Crippen LogP contribution in [-0.2, 0) is 30.2 Å². The van der Waals surface area contributed by atoms with Crippen LogP contribution >= 0.6 is 0 Å². The fourth-order valence-corrected chi connectivity index (χ4v) is 4.03. The number of aryl methyl sites for hydroxylation is 1. The van der Waals surface area contributed by atoms with Crippen LogP contribution in [0.5, 0.6) is 0 Å². The molecule has 174 valence electrons. The van der Waals surface area contributed by atoms with Crippen molar-refractivity contribution >= 4 is 28.7 Å². The molecule has 3 aromatic rings. The van der Waals surface area contributed by atoms with Crippen LogP contribution in [0, 0.1) is 0 Å². The van der Waals surface area contributed by atoms with E-state index in [-0.39, 0.29) is 23.9 Å². The molecule has 1 atom stereocenters. The largest absolute Gasteiger partial charge is 0.448 e. The van der Waals surface area contributed by atoms with Gasteiger partial charge in [-0.2, -0.15) is 5.01 Å². The molecule has 0 saturated heterocycles. The van der Waals surface area contributed by atoms with Crippen LogP contribution in [0.3, 0.4) is 0 Å². The maximum Gasteiger partial charge on any atom is 0.332 e. The predicted octanol–water partition coefficient (Wildman–Crippen LogP) is 1.17. The number of benzene rings is 1. The lowest BCUT2D eigenvalue weighted by Crippen LogP contribution is -2.37. The zero-order valence-corrected chi connectivity index (χ0v) is 19.3. The van der Waals surface area contributed by atoms with Crippen LogP contribution < -0.4 is 16.1 Å². The minimum atomic E-state index is -0.699. The molecule has 3 heterocycles. The second-order valence-electron chi connectivity index (χ2n) is 7.84. The molecule has 33 heavy (non-hydrogen) atoms. The van der Waals surface area contributed by atoms with E-state index in [1.165, 1.54) is 29.9 Å². The first-order valence-electron chi connectivity index (χ1n) is 10.8. The van der Waals surface area contributed by atoms with Crippen molar-refractivity contribution in [3.63, 3.8) is 0 Å². The van der Waals surface area contributed by atoms with E-state index in [9.17, 15) is 14.4 Å². The van der Waals surface area contributed by atoms with Crippen molar-refractivity contribution in [3.8, 4) is 0 Å². The van der Waals surface area contributed by atoms with Crippen LogP contribution in [0.15, 0.2) is 45.3 Å². The number of hydrogen-bond acceptors (Lipinski definition) is 7. The molecule has 1 aliphatic rings. The van der Waals surface area contributed by atoms with Gasteiger partial charge in [0.2, 0.25) is 18.0 Å². The van der Waals surface area contributed by atoms with Gasteiger partial charge in [-0.1, -0.05) is 12.1 Å². The van der Waals surface area contributed by atoms with E-state index in [1.807, 2.05) is 24.3 Å². The minimum Gasteiger partial charge on any atom is -0.448 e. The van der Waals surface area contributed by atoms with E-state index >= 15 is 0 Å². The Morgan fingerprint density at radius 2 is 1.76 bits per heavy atom. The molecule has 11 nitrogen and oxygen atoms in total. The lowest BCUT2D eigenvalue weighted by molar-refractivity contribution is -0.135. The molecular weight excluding hydrogens is 426 g/mol. The summed E-state index contributed by atoms with van der Waals surface area (Å²) >= 11 is 0. The number of amides is 1. The maximum atomic E-state index is 12.4. The maximum absolute atomic E-state index is 12.4. The van der Waals surface area contributed by atoms with Crippen molar-refractivity contribution in [2.45, 2.75) is 33.5 Å². The fourth-order valence-electron chi connectivity index (χ4n) is 4.03. The Labute approximate surface area is 190 Å². The van der Waals surface area contributed by atoms with E-state index in [4.69, 9.17) is 4.74 Å². The van der Waals surface area contributed by atoms with Gasteiger partial charge in [-0.15, -0.1) is 5.10 Å². The van der Waals surface area contributed by atoms with Gasteiger partial charge in [0.1, 0.15) is 12.2 Å².